The average molecular weight is 222 g/mol. The third-order valence-electron chi connectivity index (χ3n) is 1.74. The average Bonchev–Trinajstić information content (AvgIpc) is 2.17. The molecule has 0 aromatic carbocycles. The van der Waals surface area contributed by atoms with Crippen LogP contribution >= 0.6 is 0 Å². The van der Waals surface area contributed by atoms with Gasteiger partial charge in [0.05, 0.1) is 6.54 Å². The summed E-state index contributed by atoms with van der Waals surface area (Å²) in [5.74, 6) is -3.88. The minimum absolute atomic E-state index is 0.154. The fourth-order valence-electron chi connectivity index (χ4n) is 0.858. The Hall–Kier alpha value is -1.33. The molecule has 2 nitrogen and oxygen atoms in total. The summed E-state index contributed by atoms with van der Waals surface area (Å²) in [5.41, 5.74) is 0.862. The largest absolute Gasteiger partial charge is 0.364 e. The molecular weight excluding hydrogens is 212 g/mol. The molecule has 1 aromatic heterocycles. The summed E-state index contributed by atoms with van der Waals surface area (Å²) in [6, 6.07) is 3.10. The predicted octanol–water partition coefficient (Wildman–Crippen LogP) is 2.70. The summed E-state index contributed by atoms with van der Waals surface area (Å²) in [5, 5.41) is 2.15. The molecule has 84 valence electrons. The van der Waals surface area contributed by atoms with E-state index in [1.807, 2.05) is 0 Å². The van der Waals surface area contributed by atoms with Crippen LogP contribution < -0.4 is 5.32 Å². The quantitative estimate of drug-likeness (QED) is 0.792. The fourth-order valence-corrected chi connectivity index (χ4v) is 0.858. The van der Waals surface area contributed by atoms with Gasteiger partial charge >= 0.3 is 12.3 Å². The first kappa shape index (κ1) is 11.7. The van der Waals surface area contributed by atoms with Gasteiger partial charge in [0.25, 0.3) is 0 Å². The summed E-state index contributed by atoms with van der Waals surface area (Å²) in [6.45, 7) is 0.658. The van der Waals surface area contributed by atoms with Crippen LogP contribution in [0.4, 0.5) is 23.4 Å². The minimum atomic E-state index is -4.04. The summed E-state index contributed by atoms with van der Waals surface area (Å²) in [4.78, 5) is 3.75. The van der Waals surface area contributed by atoms with Crippen LogP contribution in [0.25, 0.3) is 0 Å². The van der Waals surface area contributed by atoms with Gasteiger partial charge in [-0.15, -0.1) is 0 Å². The zero-order chi connectivity index (χ0) is 11.5. The molecule has 0 saturated carbocycles. The fraction of sp³-hybridized carbons (Fsp3) is 0.444. The van der Waals surface area contributed by atoms with Crippen molar-refractivity contribution in [2.24, 2.45) is 0 Å². The van der Waals surface area contributed by atoms with Crippen LogP contribution in [0.3, 0.4) is 0 Å². The van der Waals surface area contributed by atoms with Crippen molar-refractivity contribution in [3.8, 4) is 0 Å². The molecule has 1 heterocycles. The molecule has 15 heavy (non-hydrogen) atoms. The van der Waals surface area contributed by atoms with Crippen molar-refractivity contribution in [3.05, 3.63) is 23.9 Å². The van der Waals surface area contributed by atoms with Gasteiger partial charge in [-0.25, -0.2) is 13.8 Å². The van der Waals surface area contributed by atoms with Crippen molar-refractivity contribution in [2.75, 3.05) is 11.9 Å². The number of aryl methyl sites for hydroxylation is 1. The van der Waals surface area contributed by atoms with Crippen LogP contribution in [0.2, 0.25) is 0 Å². The van der Waals surface area contributed by atoms with Gasteiger partial charge in [-0.3, -0.25) is 0 Å². The molecule has 0 atom stereocenters. The standard InChI is InChI=1S/C9H10F4N2/c1-6-2-3-7(14-4-6)15-5-9(12,13)8(10)11/h2-4,8H,5H2,1H3,(H,14,15). The first-order valence-electron chi connectivity index (χ1n) is 4.24. The molecule has 6 heteroatoms. The van der Waals surface area contributed by atoms with Crippen molar-refractivity contribution < 1.29 is 17.6 Å². The highest BCUT2D eigenvalue weighted by atomic mass is 19.3. The van der Waals surface area contributed by atoms with Crippen molar-refractivity contribution in [1.82, 2.24) is 4.98 Å². The third-order valence-corrected chi connectivity index (χ3v) is 1.74. The molecule has 1 rings (SSSR count). The van der Waals surface area contributed by atoms with E-state index in [1.54, 1.807) is 13.0 Å². The number of alkyl halides is 4. The smallest absolute Gasteiger partial charge is 0.324 e. The molecule has 0 amide bonds. The molecule has 0 aliphatic heterocycles. The Labute approximate surface area is 84.3 Å². The summed E-state index contributed by atoms with van der Waals surface area (Å²) in [7, 11) is 0. The number of aromatic nitrogens is 1. The highest BCUT2D eigenvalue weighted by molar-refractivity contribution is 5.35. The number of hydrogen-bond acceptors (Lipinski definition) is 2. The number of anilines is 1. The van der Waals surface area contributed by atoms with Gasteiger partial charge in [-0.1, -0.05) is 6.07 Å². The van der Waals surface area contributed by atoms with Crippen LogP contribution in [0, 0.1) is 6.92 Å². The summed E-state index contributed by atoms with van der Waals surface area (Å²) in [6.07, 6.45) is -2.21. The lowest BCUT2D eigenvalue weighted by molar-refractivity contribution is -0.117. The van der Waals surface area contributed by atoms with Gasteiger partial charge in [0.15, 0.2) is 0 Å². The van der Waals surface area contributed by atoms with E-state index >= 15 is 0 Å². The molecule has 0 aliphatic rings. The molecule has 1 N–H and O–H groups in total. The van der Waals surface area contributed by atoms with Crippen LogP contribution in [0.5, 0.6) is 0 Å². The van der Waals surface area contributed by atoms with Crippen molar-refractivity contribution in [1.29, 1.82) is 0 Å². The number of nitrogens with one attached hydrogen (secondary N) is 1. The molecule has 0 saturated heterocycles. The molecule has 1 aromatic rings. The Morgan fingerprint density at radius 1 is 1.40 bits per heavy atom. The van der Waals surface area contributed by atoms with E-state index in [-0.39, 0.29) is 5.82 Å². The van der Waals surface area contributed by atoms with E-state index < -0.39 is 18.9 Å². The SMILES string of the molecule is Cc1ccc(NCC(F)(F)C(F)F)nc1. The maximum absolute atomic E-state index is 12.5. The molecule has 0 radical (unpaired) electrons. The normalized spacial score (nSPS) is 11.9. The van der Waals surface area contributed by atoms with E-state index in [9.17, 15) is 17.6 Å². The maximum Gasteiger partial charge on any atom is 0.324 e. The minimum Gasteiger partial charge on any atom is -0.364 e. The van der Waals surface area contributed by atoms with E-state index in [4.69, 9.17) is 0 Å². The Morgan fingerprint density at radius 3 is 2.53 bits per heavy atom. The second-order valence-electron chi connectivity index (χ2n) is 3.14. The number of pyridine rings is 1. The van der Waals surface area contributed by atoms with Crippen LogP contribution in [-0.2, 0) is 0 Å². The lowest BCUT2D eigenvalue weighted by atomic mass is 10.3. The van der Waals surface area contributed by atoms with E-state index in [0.29, 0.717) is 0 Å². The van der Waals surface area contributed by atoms with Crippen LogP contribution in [-0.4, -0.2) is 23.9 Å². The number of nitrogens with zero attached hydrogens (tertiary/aromatic N) is 1. The molecular formula is C9H10F4N2. The maximum atomic E-state index is 12.5. The predicted molar refractivity (Wildman–Crippen MR) is 48.4 cm³/mol. The number of rotatable bonds is 4. The number of halogens is 4. The Bertz CT molecular complexity index is 310. The Kier molecular flexibility index (Phi) is 3.49. The lowest BCUT2D eigenvalue weighted by Gasteiger charge is -2.15. The van der Waals surface area contributed by atoms with Crippen molar-refractivity contribution >= 4 is 5.82 Å². The highest BCUT2D eigenvalue weighted by Gasteiger charge is 2.40. The van der Waals surface area contributed by atoms with Crippen LogP contribution in [0.1, 0.15) is 5.56 Å². The highest BCUT2D eigenvalue weighted by Crippen LogP contribution is 2.22. The first-order chi connectivity index (χ1) is 6.92. The summed E-state index contributed by atoms with van der Waals surface area (Å²) >= 11 is 0. The topological polar surface area (TPSA) is 24.9 Å². The molecule has 0 spiro atoms. The van der Waals surface area contributed by atoms with Gasteiger partial charge in [-0.2, -0.15) is 8.78 Å². The lowest BCUT2D eigenvalue weighted by Crippen LogP contribution is -2.35. The van der Waals surface area contributed by atoms with Gasteiger partial charge < -0.3 is 5.32 Å². The molecule has 0 bridgehead atoms. The monoisotopic (exact) mass is 222 g/mol. The van der Waals surface area contributed by atoms with E-state index in [1.165, 1.54) is 12.3 Å². The van der Waals surface area contributed by atoms with Gasteiger partial charge in [-0.05, 0) is 18.6 Å². The Morgan fingerprint density at radius 2 is 2.07 bits per heavy atom. The van der Waals surface area contributed by atoms with Crippen molar-refractivity contribution in [3.63, 3.8) is 0 Å². The zero-order valence-corrected chi connectivity index (χ0v) is 7.98. The van der Waals surface area contributed by atoms with E-state index in [0.717, 1.165) is 5.56 Å². The van der Waals surface area contributed by atoms with Crippen molar-refractivity contribution in [2.45, 2.75) is 19.3 Å². The zero-order valence-electron chi connectivity index (χ0n) is 7.98. The summed E-state index contributed by atoms with van der Waals surface area (Å²) < 4.78 is 48.5. The van der Waals surface area contributed by atoms with E-state index in [2.05, 4.69) is 10.3 Å². The number of hydrogen-bond donors (Lipinski definition) is 1. The third kappa shape index (κ3) is 3.38. The van der Waals surface area contributed by atoms with Gasteiger partial charge in [0, 0.05) is 6.20 Å². The molecule has 0 unspecified atom stereocenters. The van der Waals surface area contributed by atoms with Crippen LogP contribution in [0.15, 0.2) is 18.3 Å². The molecule has 0 fully saturated rings. The second kappa shape index (κ2) is 4.46. The van der Waals surface area contributed by atoms with Gasteiger partial charge in [0.1, 0.15) is 5.82 Å². The van der Waals surface area contributed by atoms with Gasteiger partial charge in [0.2, 0.25) is 0 Å². The second-order valence-corrected chi connectivity index (χ2v) is 3.14. The first-order valence-corrected chi connectivity index (χ1v) is 4.24. The molecule has 0 aliphatic carbocycles. The Balaban J connectivity index is 2.54.